The number of amides is 1. The van der Waals surface area contributed by atoms with Crippen LogP contribution in [-0.2, 0) is 4.79 Å². The summed E-state index contributed by atoms with van der Waals surface area (Å²) in [6.45, 7) is 6.06. The molecule has 0 spiro atoms. The zero-order chi connectivity index (χ0) is 17.8. The third-order valence-electron chi connectivity index (χ3n) is 3.45. The molecule has 1 fully saturated rings. The van der Waals surface area contributed by atoms with Crippen molar-refractivity contribution in [1.82, 2.24) is 9.88 Å². The second-order valence-corrected chi connectivity index (χ2v) is 7.32. The van der Waals surface area contributed by atoms with Crippen LogP contribution in [0.2, 0.25) is 0 Å². The van der Waals surface area contributed by atoms with Gasteiger partial charge >= 0.3 is 0 Å². The molecule has 0 N–H and O–H groups in total. The molecular weight excluding hydrogens is 398 g/mol. The van der Waals surface area contributed by atoms with Crippen molar-refractivity contribution in [1.29, 1.82) is 0 Å². The molecule has 126 valence electrons. The Kier molecular flexibility index (Phi) is 5.50. The number of pyridine rings is 1. The van der Waals surface area contributed by atoms with Crippen molar-refractivity contribution < 1.29 is 4.79 Å². The van der Waals surface area contributed by atoms with Gasteiger partial charge in [0.05, 0.1) is 4.91 Å². The fourth-order valence-corrected chi connectivity index (χ4v) is 3.54. The highest BCUT2D eigenvalue weighted by molar-refractivity contribution is 9.10. The highest BCUT2D eigenvalue weighted by Gasteiger charge is 2.32. The molecule has 1 saturated heterocycles. The average molecular weight is 414 g/mol. The van der Waals surface area contributed by atoms with E-state index in [1.165, 1.54) is 11.8 Å². The fraction of sp³-hybridized carbons (Fsp3) is 0.105. The molecule has 0 atom stereocenters. The first-order valence-electron chi connectivity index (χ1n) is 7.67. The number of carbonyl (C=O) groups excluding carboxylic acids is 1. The SMILES string of the molecule is C=CCN1C(=O)/C(=C/c2ccc(Br)cc2)S/C1=N/c1cccc(C)n1. The van der Waals surface area contributed by atoms with Gasteiger partial charge in [0, 0.05) is 16.7 Å². The van der Waals surface area contributed by atoms with Gasteiger partial charge in [-0.3, -0.25) is 9.69 Å². The minimum Gasteiger partial charge on any atom is -0.282 e. The van der Waals surface area contributed by atoms with Crippen LogP contribution in [-0.4, -0.2) is 27.5 Å². The third-order valence-corrected chi connectivity index (χ3v) is 4.99. The molecule has 2 aromatic rings. The van der Waals surface area contributed by atoms with Crippen LogP contribution in [0.15, 0.2) is 69.5 Å². The number of rotatable bonds is 4. The average Bonchev–Trinajstić information content (AvgIpc) is 2.86. The summed E-state index contributed by atoms with van der Waals surface area (Å²) < 4.78 is 1.00. The lowest BCUT2D eigenvalue weighted by atomic mass is 10.2. The van der Waals surface area contributed by atoms with Crippen LogP contribution in [0.4, 0.5) is 5.82 Å². The van der Waals surface area contributed by atoms with Crippen LogP contribution in [0.1, 0.15) is 11.3 Å². The molecule has 1 aliphatic rings. The molecule has 0 aliphatic carbocycles. The van der Waals surface area contributed by atoms with E-state index in [9.17, 15) is 4.79 Å². The van der Waals surface area contributed by atoms with Gasteiger partial charge in [-0.05, 0) is 54.6 Å². The van der Waals surface area contributed by atoms with Crippen molar-refractivity contribution in [2.75, 3.05) is 6.54 Å². The van der Waals surface area contributed by atoms with E-state index < -0.39 is 0 Å². The Labute approximate surface area is 159 Å². The van der Waals surface area contributed by atoms with Gasteiger partial charge < -0.3 is 0 Å². The molecule has 1 aliphatic heterocycles. The molecule has 0 bridgehead atoms. The highest BCUT2D eigenvalue weighted by Crippen LogP contribution is 2.33. The first kappa shape index (κ1) is 17.6. The maximum Gasteiger partial charge on any atom is 0.267 e. The van der Waals surface area contributed by atoms with Crippen molar-refractivity contribution in [2.24, 2.45) is 4.99 Å². The maximum absolute atomic E-state index is 12.7. The maximum atomic E-state index is 12.7. The first-order valence-corrected chi connectivity index (χ1v) is 9.28. The normalized spacial score (nSPS) is 17.5. The number of hydrogen-bond acceptors (Lipinski definition) is 4. The van der Waals surface area contributed by atoms with Crippen molar-refractivity contribution in [2.45, 2.75) is 6.92 Å². The Hall–Kier alpha value is -2.18. The molecule has 25 heavy (non-hydrogen) atoms. The Balaban J connectivity index is 1.94. The predicted molar refractivity (Wildman–Crippen MR) is 108 cm³/mol. The van der Waals surface area contributed by atoms with Gasteiger partial charge in [0.1, 0.15) is 0 Å². The number of aliphatic imine (C=N–C) groups is 1. The van der Waals surface area contributed by atoms with Crippen molar-refractivity contribution >= 4 is 50.7 Å². The van der Waals surface area contributed by atoms with Crippen LogP contribution >= 0.6 is 27.7 Å². The Morgan fingerprint density at radius 2 is 2.04 bits per heavy atom. The molecule has 0 radical (unpaired) electrons. The predicted octanol–water partition coefficient (Wildman–Crippen LogP) is 4.94. The zero-order valence-corrected chi connectivity index (χ0v) is 16.0. The van der Waals surface area contributed by atoms with E-state index in [-0.39, 0.29) is 5.91 Å². The van der Waals surface area contributed by atoms with Crippen LogP contribution in [0.3, 0.4) is 0 Å². The van der Waals surface area contributed by atoms with E-state index in [0.29, 0.717) is 22.4 Å². The molecule has 4 nitrogen and oxygen atoms in total. The summed E-state index contributed by atoms with van der Waals surface area (Å²) in [5, 5.41) is 0.617. The van der Waals surface area contributed by atoms with E-state index in [1.54, 1.807) is 11.0 Å². The van der Waals surface area contributed by atoms with E-state index in [2.05, 4.69) is 32.5 Å². The number of nitrogens with zero attached hydrogens (tertiary/aromatic N) is 3. The standard InChI is InChI=1S/C19H16BrN3OS/c1-3-11-23-18(24)16(12-14-7-9-15(20)10-8-14)25-19(23)22-17-6-4-5-13(2)21-17/h3-10,12H,1,11H2,2H3/b16-12-,22-19+. The smallest absolute Gasteiger partial charge is 0.267 e. The van der Waals surface area contributed by atoms with Gasteiger partial charge in [0.2, 0.25) is 0 Å². The Morgan fingerprint density at radius 1 is 1.28 bits per heavy atom. The monoisotopic (exact) mass is 413 g/mol. The topological polar surface area (TPSA) is 45.6 Å². The van der Waals surface area contributed by atoms with Crippen LogP contribution in [0, 0.1) is 6.92 Å². The summed E-state index contributed by atoms with van der Waals surface area (Å²) in [6.07, 6.45) is 3.57. The van der Waals surface area contributed by atoms with E-state index in [1.807, 2.05) is 55.5 Å². The van der Waals surface area contributed by atoms with Crippen molar-refractivity contribution in [3.63, 3.8) is 0 Å². The molecule has 1 aromatic carbocycles. The van der Waals surface area contributed by atoms with Crippen LogP contribution < -0.4 is 0 Å². The van der Waals surface area contributed by atoms with Crippen molar-refractivity contribution in [3.8, 4) is 0 Å². The Bertz CT molecular complexity index is 874. The molecule has 0 unspecified atom stereocenters. The third kappa shape index (κ3) is 4.27. The van der Waals surface area contributed by atoms with E-state index >= 15 is 0 Å². The van der Waals surface area contributed by atoms with Crippen molar-refractivity contribution in [3.05, 3.63) is 75.8 Å². The van der Waals surface area contributed by atoms with E-state index in [0.717, 1.165) is 15.7 Å². The molecule has 3 rings (SSSR count). The van der Waals surface area contributed by atoms with Crippen LogP contribution in [0.5, 0.6) is 0 Å². The minimum absolute atomic E-state index is 0.0702. The Morgan fingerprint density at radius 3 is 2.72 bits per heavy atom. The molecule has 2 heterocycles. The number of hydrogen-bond donors (Lipinski definition) is 0. The summed E-state index contributed by atoms with van der Waals surface area (Å²) in [5.41, 5.74) is 1.85. The van der Waals surface area contributed by atoms with Gasteiger partial charge in [-0.15, -0.1) is 6.58 Å². The molecule has 0 saturated carbocycles. The number of amidine groups is 1. The highest BCUT2D eigenvalue weighted by atomic mass is 79.9. The van der Waals surface area contributed by atoms with Gasteiger partial charge in [-0.1, -0.05) is 40.2 Å². The molecule has 1 aromatic heterocycles. The zero-order valence-electron chi connectivity index (χ0n) is 13.6. The van der Waals surface area contributed by atoms with Gasteiger partial charge in [-0.25, -0.2) is 9.98 Å². The summed E-state index contributed by atoms with van der Waals surface area (Å²) >= 11 is 4.77. The van der Waals surface area contributed by atoms with Crippen LogP contribution in [0.25, 0.3) is 6.08 Å². The molecular formula is C19H16BrN3OS. The minimum atomic E-state index is -0.0702. The summed E-state index contributed by atoms with van der Waals surface area (Å²) in [6, 6.07) is 13.5. The lowest BCUT2D eigenvalue weighted by Crippen LogP contribution is -2.29. The van der Waals surface area contributed by atoms with Gasteiger partial charge in [0.25, 0.3) is 5.91 Å². The number of carbonyl (C=O) groups is 1. The number of aromatic nitrogens is 1. The second-order valence-electron chi connectivity index (χ2n) is 5.40. The number of thioether (sulfide) groups is 1. The molecule has 1 amide bonds. The summed E-state index contributed by atoms with van der Waals surface area (Å²) in [7, 11) is 0. The lowest BCUT2D eigenvalue weighted by Gasteiger charge is -2.12. The number of benzene rings is 1. The van der Waals surface area contributed by atoms with Gasteiger partial charge in [-0.2, -0.15) is 0 Å². The summed E-state index contributed by atoms with van der Waals surface area (Å²) in [5.74, 6) is 0.522. The quantitative estimate of drug-likeness (QED) is 0.526. The largest absolute Gasteiger partial charge is 0.282 e. The van der Waals surface area contributed by atoms with E-state index in [4.69, 9.17) is 0 Å². The molecule has 6 heteroatoms. The number of aryl methyl sites for hydroxylation is 1. The fourth-order valence-electron chi connectivity index (χ4n) is 2.28. The first-order chi connectivity index (χ1) is 12.1. The second kappa shape index (κ2) is 7.80. The van der Waals surface area contributed by atoms with Gasteiger partial charge in [0.15, 0.2) is 11.0 Å². The lowest BCUT2D eigenvalue weighted by molar-refractivity contribution is -0.121. The summed E-state index contributed by atoms with van der Waals surface area (Å²) in [4.78, 5) is 23.9. The number of halogens is 1.